The van der Waals surface area contributed by atoms with Gasteiger partial charge in [0.05, 0.1) is 0 Å². The van der Waals surface area contributed by atoms with E-state index in [1.807, 2.05) is 6.08 Å². The summed E-state index contributed by atoms with van der Waals surface area (Å²) in [6.45, 7) is 2.22. The molecule has 0 radical (unpaired) electrons. The minimum absolute atomic E-state index is 0.0541. The van der Waals surface area contributed by atoms with E-state index in [0.717, 1.165) is 51.4 Å². The highest BCUT2D eigenvalue weighted by Crippen LogP contribution is 2.65. The van der Waals surface area contributed by atoms with Crippen LogP contribution in [0, 0.1) is 40.9 Å². The van der Waals surface area contributed by atoms with E-state index in [1.165, 1.54) is 5.57 Å². The number of rotatable bonds is 1. The number of Topliss-reactive ketones (excluding diaryl/α,β-unsaturated/α-hetero) is 1. The van der Waals surface area contributed by atoms with Crippen LogP contribution >= 0.6 is 0 Å². The monoisotopic (exact) mass is 310 g/mol. The summed E-state index contributed by atoms with van der Waals surface area (Å²) in [7, 11) is 0. The van der Waals surface area contributed by atoms with Crippen LogP contribution in [0.15, 0.2) is 11.6 Å². The topological polar surface area (TPSA) is 34.1 Å². The molecule has 4 aliphatic rings. The van der Waals surface area contributed by atoms with Crippen molar-refractivity contribution in [2.24, 2.45) is 28.6 Å². The van der Waals surface area contributed by atoms with Crippen LogP contribution in [-0.2, 0) is 9.59 Å². The molecule has 0 bridgehead atoms. The highest BCUT2D eigenvalue weighted by molar-refractivity contribution is 5.91. The zero-order valence-corrected chi connectivity index (χ0v) is 14.1. The molecule has 0 saturated heterocycles. The summed E-state index contributed by atoms with van der Waals surface area (Å²) in [6, 6.07) is 0. The molecule has 4 rings (SSSR count). The van der Waals surface area contributed by atoms with Gasteiger partial charge in [0.1, 0.15) is 5.78 Å². The Morgan fingerprint density at radius 1 is 1.13 bits per heavy atom. The van der Waals surface area contributed by atoms with Gasteiger partial charge in [-0.15, -0.1) is 12.3 Å². The summed E-state index contributed by atoms with van der Waals surface area (Å²) in [5, 5.41) is 0. The third kappa shape index (κ3) is 1.95. The molecule has 3 saturated carbocycles. The lowest BCUT2D eigenvalue weighted by atomic mass is 9.46. The Morgan fingerprint density at radius 2 is 1.96 bits per heavy atom. The average Bonchev–Trinajstić information content (AvgIpc) is 2.84. The van der Waals surface area contributed by atoms with Crippen molar-refractivity contribution in [2.75, 3.05) is 0 Å². The maximum atomic E-state index is 12.4. The molecular formula is C21H26O2. The summed E-state index contributed by atoms with van der Waals surface area (Å²) < 4.78 is 0. The Hall–Kier alpha value is -1.36. The van der Waals surface area contributed by atoms with Crippen LogP contribution in [0.5, 0.6) is 0 Å². The van der Waals surface area contributed by atoms with Crippen molar-refractivity contribution in [3.8, 4) is 12.3 Å². The van der Waals surface area contributed by atoms with E-state index in [1.54, 1.807) is 0 Å². The van der Waals surface area contributed by atoms with Gasteiger partial charge in [0.2, 0.25) is 0 Å². The maximum Gasteiger partial charge on any atom is 0.155 e. The molecule has 0 heterocycles. The summed E-state index contributed by atoms with van der Waals surface area (Å²) in [4.78, 5) is 24.4. The van der Waals surface area contributed by atoms with Gasteiger partial charge in [-0.3, -0.25) is 9.59 Å². The van der Waals surface area contributed by atoms with Crippen molar-refractivity contribution in [1.29, 1.82) is 0 Å². The zero-order valence-electron chi connectivity index (χ0n) is 14.1. The molecular weight excluding hydrogens is 284 g/mol. The van der Waals surface area contributed by atoms with Gasteiger partial charge in [-0.05, 0) is 62.4 Å². The van der Waals surface area contributed by atoms with Crippen LogP contribution in [0.2, 0.25) is 0 Å². The van der Waals surface area contributed by atoms with Gasteiger partial charge in [-0.25, -0.2) is 0 Å². The number of fused-ring (bicyclic) bond motifs is 5. The predicted octanol–water partition coefficient (Wildman–Crippen LogP) is 4.09. The molecule has 5 atom stereocenters. The van der Waals surface area contributed by atoms with Crippen molar-refractivity contribution in [1.82, 2.24) is 0 Å². The number of hydrogen-bond acceptors (Lipinski definition) is 2. The SMILES string of the molecule is C#CC[C@]12CCC(=O)C=C1CCC1[C@@H]2CC[C@]2(C)C(=O)CC[C@@H]12. The molecule has 0 amide bonds. The Morgan fingerprint density at radius 3 is 2.74 bits per heavy atom. The van der Waals surface area contributed by atoms with Crippen molar-refractivity contribution in [3.63, 3.8) is 0 Å². The molecule has 0 aromatic rings. The van der Waals surface area contributed by atoms with Gasteiger partial charge in [0, 0.05) is 30.1 Å². The minimum Gasteiger partial charge on any atom is -0.299 e. The fraction of sp³-hybridized carbons (Fsp3) is 0.714. The van der Waals surface area contributed by atoms with E-state index in [-0.39, 0.29) is 16.6 Å². The lowest BCUT2D eigenvalue weighted by molar-refractivity contribution is -0.132. The van der Waals surface area contributed by atoms with E-state index in [0.29, 0.717) is 30.0 Å². The lowest BCUT2D eigenvalue weighted by Gasteiger charge is -2.57. The number of allylic oxidation sites excluding steroid dienone is 1. The van der Waals surface area contributed by atoms with Crippen molar-refractivity contribution < 1.29 is 9.59 Å². The molecule has 23 heavy (non-hydrogen) atoms. The standard InChI is InChI=1S/C21H26O2/c1-3-10-21-12-8-15(22)13-14(21)4-5-16-17-6-7-19(23)20(17,2)11-9-18(16)21/h1,13,16-18H,4-12H2,2H3/t16?,17-,18-,20-,21-/m0/s1. The second-order valence-electron chi connectivity index (χ2n) is 8.51. The minimum atomic E-state index is -0.0792. The highest BCUT2D eigenvalue weighted by atomic mass is 16.1. The molecule has 1 unspecified atom stereocenters. The summed E-state index contributed by atoms with van der Waals surface area (Å²) in [5.74, 6) is 5.45. The van der Waals surface area contributed by atoms with Gasteiger partial charge < -0.3 is 0 Å². The fourth-order valence-corrected chi connectivity index (χ4v) is 6.65. The van der Waals surface area contributed by atoms with Crippen LogP contribution in [0.25, 0.3) is 0 Å². The molecule has 0 spiro atoms. The molecule has 0 aromatic carbocycles. The van der Waals surface area contributed by atoms with E-state index in [2.05, 4.69) is 12.8 Å². The fourth-order valence-electron chi connectivity index (χ4n) is 6.65. The first-order valence-corrected chi connectivity index (χ1v) is 9.22. The summed E-state index contributed by atoms with van der Waals surface area (Å²) in [6.07, 6.45) is 16.1. The molecule has 2 heteroatoms. The first-order valence-electron chi connectivity index (χ1n) is 9.22. The molecule has 2 nitrogen and oxygen atoms in total. The molecule has 0 N–H and O–H groups in total. The highest BCUT2D eigenvalue weighted by Gasteiger charge is 2.59. The molecule has 3 fully saturated rings. The van der Waals surface area contributed by atoms with Gasteiger partial charge in [0.15, 0.2) is 5.78 Å². The average molecular weight is 310 g/mol. The van der Waals surface area contributed by atoms with Gasteiger partial charge in [-0.2, -0.15) is 0 Å². The quantitative estimate of drug-likeness (QED) is 0.684. The number of carbonyl (C=O) groups is 2. The van der Waals surface area contributed by atoms with Crippen LogP contribution in [0.1, 0.15) is 64.7 Å². The third-order valence-corrected chi connectivity index (χ3v) is 7.81. The number of carbonyl (C=O) groups excluding carboxylic acids is 2. The van der Waals surface area contributed by atoms with E-state index in [4.69, 9.17) is 6.42 Å². The van der Waals surface area contributed by atoms with E-state index >= 15 is 0 Å². The second kappa shape index (κ2) is 5.07. The van der Waals surface area contributed by atoms with Gasteiger partial charge in [0.25, 0.3) is 0 Å². The Bertz CT molecular complexity index is 637. The Labute approximate surface area is 139 Å². The summed E-state index contributed by atoms with van der Waals surface area (Å²) >= 11 is 0. The smallest absolute Gasteiger partial charge is 0.155 e. The van der Waals surface area contributed by atoms with Crippen LogP contribution in [0.3, 0.4) is 0 Å². The summed E-state index contributed by atoms with van der Waals surface area (Å²) in [5.41, 5.74) is 1.31. The molecule has 122 valence electrons. The lowest BCUT2D eigenvalue weighted by Crippen LogP contribution is -2.51. The van der Waals surface area contributed by atoms with Crippen molar-refractivity contribution >= 4 is 11.6 Å². The molecule has 0 aliphatic heterocycles. The molecule has 4 aliphatic carbocycles. The maximum absolute atomic E-state index is 12.4. The second-order valence-corrected chi connectivity index (χ2v) is 8.51. The normalized spacial score (nSPS) is 45.6. The van der Waals surface area contributed by atoms with Crippen molar-refractivity contribution in [3.05, 3.63) is 11.6 Å². The predicted molar refractivity (Wildman–Crippen MR) is 89.5 cm³/mol. The van der Waals surface area contributed by atoms with Gasteiger partial charge >= 0.3 is 0 Å². The number of terminal acetylenes is 1. The number of hydrogen-bond donors (Lipinski definition) is 0. The Kier molecular flexibility index (Phi) is 3.34. The van der Waals surface area contributed by atoms with Crippen LogP contribution < -0.4 is 0 Å². The number of ketones is 2. The molecule has 0 aromatic heterocycles. The largest absolute Gasteiger partial charge is 0.299 e. The van der Waals surface area contributed by atoms with E-state index in [9.17, 15) is 9.59 Å². The zero-order chi connectivity index (χ0) is 16.2. The van der Waals surface area contributed by atoms with Crippen LogP contribution in [-0.4, -0.2) is 11.6 Å². The Balaban J connectivity index is 1.74. The van der Waals surface area contributed by atoms with E-state index < -0.39 is 0 Å². The van der Waals surface area contributed by atoms with Gasteiger partial charge in [-0.1, -0.05) is 12.5 Å². The first kappa shape index (κ1) is 15.2. The van der Waals surface area contributed by atoms with Crippen LogP contribution in [0.4, 0.5) is 0 Å². The first-order chi connectivity index (χ1) is 11.0. The third-order valence-electron chi connectivity index (χ3n) is 7.81. The van der Waals surface area contributed by atoms with Crippen molar-refractivity contribution in [2.45, 2.75) is 64.7 Å².